The topological polar surface area (TPSA) is 155 Å². The van der Waals surface area contributed by atoms with Gasteiger partial charge in [0.15, 0.2) is 5.69 Å². The van der Waals surface area contributed by atoms with E-state index in [1.54, 1.807) is 36.1 Å². The van der Waals surface area contributed by atoms with Gasteiger partial charge in [-0.1, -0.05) is 11.6 Å². The molecular weight excluding hydrogens is 554 g/mol. The van der Waals surface area contributed by atoms with Gasteiger partial charge in [0, 0.05) is 49.5 Å². The van der Waals surface area contributed by atoms with Crippen molar-refractivity contribution in [2.24, 2.45) is 0 Å². The smallest absolute Gasteiger partial charge is 0.274 e. The van der Waals surface area contributed by atoms with Crippen LogP contribution in [0, 0.1) is 17.0 Å². The summed E-state index contributed by atoms with van der Waals surface area (Å²) in [5, 5.41) is 16.4. The van der Waals surface area contributed by atoms with Gasteiger partial charge in [0.05, 0.1) is 30.4 Å². The molecule has 13 nitrogen and oxygen atoms in total. The fraction of sp³-hybridized carbons (Fsp3) is 0.333. The van der Waals surface area contributed by atoms with Crippen LogP contribution < -0.4 is 9.46 Å². The molecule has 2 heterocycles. The lowest BCUT2D eigenvalue weighted by atomic mass is 10.2. The van der Waals surface area contributed by atoms with Crippen LogP contribution in [-0.2, 0) is 19.5 Å². The zero-order valence-electron chi connectivity index (χ0n) is 21.1. The molecule has 1 N–H and O–H groups in total. The summed E-state index contributed by atoms with van der Waals surface area (Å²) in [5.41, 5.74) is 0.491. The number of benzene rings is 2. The molecule has 1 amide bonds. The van der Waals surface area contributed by atoms with Crippen LogP contribution in [-0.4, -0.2) is 80.5 Å². The number of nitro benzene ring substituents is 1. The van der Waals surface area contributed by atoms with E-state index in [0.29, 0.717) is 42.6 Å². The lowest BCUT2D eigenvalue weighted by molar-refractivity contribution is -0.385. The van der Waals surface area contributed by atoms with Gasteiger partial charge < -0.3 is 19.1 Å². The zero-order valence-corrected chi connectivity index (χ0v) is 22.7. The molecule has 1 saturated heterocycles. The maximum Gasteiger partial charge on any atom is 0.274 e. The maximum absolute atomic E-state index is 13.3. The van der Waals surface area contributed by atoms with Crippen molar-refractivity contribution in [1.82, 2.24) is 19.4 Å². The van der Waals surface area contributed by atoms with Gasteiger partial charge in [0.2, 0.25) is 15.9 Å². The monoisotopic (exact) mass is 579 g/mol. The third kappa shape index (κ3) is 6.37. The molecule has 0 atom stereocenters. The number of sulfonamides is 1. The van der Waals surface area contributed by atoms with Crippen LogP contribution in [0.15, 0.2) is 47.4 Å². The van der Waals surface area contributed by atoms with Crippen molar-refractivity contribution in [2.75, 3.05) is 46.6 Å². The third-order valence-electron chi connectivity index (χ3n) is 5.87. The Kier molecular flexibility index (Phi) is 8.82. The number of aromatic nitrogens is 2. The van der Waals surface area contributed by atoms with Crippen molar-refractivity contribution in [2.45, 2.75) is 11.8 Å². The van der Waals surface area contributed by atoms with Crippen molar-refractivity contribution < 1.29 is 32.3 Å². The Hall–Kier alpha value is -3.56. The molecule has 4 rings (SSSR count). The van der Waals surface area contributed by atoms with Gasteiger partial charge in [-0.3, -0.25) is 14.9 Å². The number of carbonyl (C=O) groups is 1. The van der Waals surface area contributed by atoms with Crippen LogP contribution in [0.4, 0.5) is 5.69 Å². The SMILES string of the molecule is COCCNS(=O)(=O)c1cc([N+](=O)[O-])ccc1Oc1c(C)c(C(=O)N2CCOCC2)nn1-c1ccc(Cl)cc1. The lowest BCUT2D eigenvalue weighted by Crippen LogP contribution is -2.41. The number of hydrogen-bond acceptors (Lipinski definition) is 9. The number of rotatable bonds is 10. The second-order valence-corrected chi connectivity index (χ2v) is 10.6. The molecule has 1 aliphatic heterocycles. The van der Waals surface area contributed by atoms with Crippen molar-refractivity contribution in [3.63, 3.8) is 0 Å². The largest absolute Gasteiger partial charge is 0.437 e. The van der Waals surface area contributed by atoms with E-state index in [9.17, 15) is 23.3 Å². The number of hydrogen-bond donors (Lipinski definition) is 1. The molecule has 0 saturated carbocycles. The van der Waals surface area contributed by atoms with E-state index in [2.05, 4.69) is 9.82 Å². The Morgan fingerprint density at radius 1 is 1.21 bits per heavy atom. The van der Waals surface area contributed by atoms with E-state index in [1.807, 2.05) is 0 Å². The molecule has 15 heteroatoms. The van der Waals surface area contributed by atoms with Crippen molar-refractivity contribution in [3.8, 4) is 17.3 Å². The number of methoxy groups -OCH3 is 1. The highest BCUT2D eigenvalue weighted by Gasteiger charge is 2.30. The van der Waals surface area contributed by atoms with Gasteiger partial charge in [-0.2, -0.15) is 9.78 Å². The highest BCUT2D eigenvalue weighted by atomic mass is 35.5. The van der Waals surface area contributed by atoms with Crippen LogP contribution >= 0.6 is 11.6 Å². The molecule has 39 heavy (non-hydrogen) atoms. The molecule has 1 aromatic heterocycles. The highest BCUT2D eigenvalue weighted by molar-refractivity contribution is 7.89. The average molecular weight is 580 g/mol. The van der Waals surface area contributed by atoms with Gasteiger partial charge in [0.25, 0.3) is 11.6 Å². The van der Waals surface area contributed by atoms with E-state index in [1.165, 1.54) is 17.9 Å². The lowest BCUT2D eigenvalue weighted by Gasteiger charge is -2.26. The molecule has 0 bridgehead atoms. The van der Waals surface area contributed by atoms with Gasteiger partial charge >= 0.3 is 0 Å². The maximum atomic E-state index is 13.3. The Morgan fingerprint density at radius 3 is 2.54 bits per heavy atom. The first kappa shape index (κ1) is 28.4. The first-order valence-corrected chi connectivity index (χ1v) is 13.7. The van der Waals surface area contributed by atoms with Crippen molar-refractivity contribution >= 4 is 33.2 Å². The third-order valence-corrected chi connectivity index (χ3v) is 7.61. The molecular formula is C24H26ClN5O8S. The number of amides is 1. The molecule has 2 aromatic carbocycles. The Bertz CT molecular complexity index is 1470. The number of non-ortho nitro benzene ring substituents is 1. The summed E-state index contributed by atoms with van der Waals surface area (Å²) < 4.78 is 46.2. The van der Waals surface area contributed by atoms with E-state index in [-0.39, 0.29) is 36.4 Å². The minimum atomic E-state index is -4.26. The second-order valence-electron chi connectivity index (χ2n) is 8.45. The number of nitro groups is 1. The Morgan fingerprint density at radius 2 is 1.90 bits per heavy atom. The number of nitrogens with one attached hydrogen (secondary N) is 1. The first-order chi connectivity index (χ1) is 18.6. The molecule has 0 unspecified atom stereocenters. The average Bonchev–Trinajstić information content (AvgIpc) is 3.24. The minimum absolute atomic E-state index is 0.0520. The summed E-state index contributed by atoms with van der Waals surface area (Å²) in [5.74, 6) is -0.489. The summed E-state index contributed by atoms with van der Waals surface area (Å²) in [4.78, 5) is 25.2. The number of carbonyl (C=O) groups excluding carboxylic acids is 1. The number of morpholine rings is 1. The van der Waals surface area contributed by atoms with Crippen LogP contribution in [0.2, 0.25) is 5.02 Å². The van der Waals surface area contributed by atoms with Gasteiger partial charge in [-0.05, 0) is 37.3 Å². The molecule has 0 spiro atoms. The van der Waals surface area contributed by atoms with E-state index in [4.69, 9.17) is 25.8 Å². The van der Waals surface area contributed by atoms with Gasteiger partial charge in [0.1, 0.15) is 10.6 Å². The Balaban J connectivity index is 1.82. The molecule has 1 aliphatic rings. The summed E-state index contributed by atoms with van der Waals surface area (Å²) in [7, 11) is -2.85. The predicted molar refractivity (Wildman–Crippen MR) is 140 cm³/mol. The zero-order chi connectivity index (χ0) is 28.2. The normalized spacial score (nSPS) is 13.9. The summed E-state index contributed by atoms with van der Waals surface area (Å²) in [6.07, 6.45) is 0. The van der Waals surface area contributed by atoms with E-state index >= 15 is 0 Å². The fourth-order valence-electron chi connectivity index (χ4n) is 3.84. The van der Waals surface area contributed by atoms with Crippen molar-refractivity contribution in [1.29, 1.82) is 0 Å². The van der Waals surface area contributed by atoms with E-state index in [0.717, 1.165) is 12.1 Å². The van der Waals surface area contributed by atoms with Crippen LogP contribution in [0.25, 0.3) is 5.69 Å². The number of nitrogens with zero attached hydrogens (tertiary/aromatic N) is 4. The fourth-order valence-corrected chi connectivity index (χ4v) is 5.13. The van der Waals surface area contributed by atoms with E-state index < -0.39 is 25.5 Å². The predicted octanol–water partition coefficient (Wildman–Crippen LogP) is 2.93. The molecule has 3 aromatic rings. The van der Waals surface area contributed by atoms with Crippen molar-refractivity contribution in [3.05, 3.63) is 68.9 Å². The molecule has 0 aliphatic carbocycles. The van der Waals surface area contributed by atoms with Crippen LogP contribution in [0.5, 0.6) is 11.6 Å². The number of halogens is 1. The number of ether oxygens (including phenoxy) is 3. The molecule has 1 fully saturated rings. The van der Waals surface area contributed by atoms with Crippen LogP contribution in [0.1, 0.15) is 16.1 Å². The van der Waals surface area contributed by atoms with Crippen LogP contribution in [0.3, 0.4) is 0 Å². The van der Waals surface area contributed by atoms with Gasteiger partial charge in [-0.25, -0.2) is 13.1 Å². The molecule has 0 radical (unpaired) electrons. The highest BCUT2D eigenvalue weighted by Crippen LogP contribution is 2.36. The first-order valence-electron chi connectivity index (χ1n) is 11.8. The summed E-state index contributed by atoms with van der Waals surface area (Å²) >= 11 is 6.05. The minimum Gasteiger partial charge on any atom is -0.437 e. The molecule has 208 valence electrons. The standard InChI is InChI=1S/C24H26ClN5O8S/c1-16-22(23(31)28-10-13-37-14-11-28)27-29(18-5-3-17(25)4-6-18)24(16)38-20-8-7-19(30(32)33)15-21(20)39(34,35)26-9-12-36-2/h3-8,15,26H,9-14H2,1-2H3. The second kappa shape index (κ2) is 12.1. The van der Waals surface area contributed by atoms with Gasteiger partial charge in [-0.15, -0.1) is 0 Å². The summed E-state index contributed by atoms with van der Waals surface area (Å²) in [6, 6.07) is 9.79. The Labute approximate surface area is 229 Å². The quantitative estimate of drug-likeness (QED) is 0.217. The summed E-state index contributed by atoms with van der Waals surface area (Å²) in [6.45, 7) is 3.21.